The van der Waals surface area contributed by atoms with Gasteiger partial charge in [0.05, 0.1) is 5.69 Å². The van der Waals surface area contributed by atoms with Gasteiger partial charge < -0.3 is 9.84 Å². The summed E-state index contributed by atoms with van der Waals surface area (Å²) in [5, 5.41) is 9.15. The third-order valence-corrected chi connectivity index (χ3v) is 4.65. The summed E-state index contributed by atoms with van der Waals surface area (Å²) in [6.45, 7) is 5.19. The normalized spacial score (nSPS) is 10.5. The zero-order valence-corrected chi connectivity index (χ0v) is 14.7. The van der Waals surface area contributed by atoms with Gasteiger partial charge in [0, 0.05) is 4.47 Å². The van der Waals surface area contributed by atoms with E-state index in [0.29, 0.717) is 11.4 Å². The number of thiazole rings is 1. The van der Waals surface area contributed by atoms with E-state index in [2.05, 4.69) is 20.9 Å². The van der Waals surface area contributed by atoms with Crippen LogP contribution in [0.2, 0.25) is 0 Å². The molecular formula is C15H14BrNO4S. The van der Waals surface area contributed by atoms with Gasteiger partial charge in [0.2, 0.25) is 5.78 Å². The zero-order valence-electron chi connectivity index (χ0n) is 12.3. The maximum atomic E-state index is 12.1. The van der Waals surface area contributed by atoms with Gasteiger partial charge in [-0.1, -0.05) is 15.9 Å². The fourth-order valence-electron chi connectivity index (χ4n) is 2.04. The van der Waals surface area contributed by atoms with Gasteiger partial charge in [-0.2, -0.15) is 0 Å². The molecule has 0 amide bonds. The lowest BCUT2D eigenvalue weighted by atomic mass is 10.1. The van der Waals surface area contributed by atoms with E-state index in [0.717, 1.165) is 26.9 Å². The van der Waals surface area contributed by atoms with Crippen molar-refractivity contribution in [3.63, 3.8) is 0 Å². The summed E-state index contributed by atoms with van der Waals surface area (Å²) in [6, 6.07) is 3.81. The first kappa shape index (κ1) is 16.6. The number of carbonyl (C=O) groups is 2. The van der Waals surface area contributed by atoms with Gasteiger partial charge in [-0.3, -0.25) is 4.79 Å². The van der Waals surface area contributed by atoms with Crippen LogP contribution in [0.4, 0.5) is 0 Å². The number of aromatic carboxylic acids is 1. The number of ether oxygens (including phenoxy) is 1. The van der Waals surface area contributed by atoms with Crippen molar-refractivity contribution in [1.82, 2.24) is 4.98 Å². The Morgan fingerprint density at radius 3 is 2.36 bits per heavy atom. The molecule has 1 aromatic heterocycles. The molecule has 0 fully saturated rings. The first-order chi connectivity index (χ1) is 10.3. The Kier molecular flexibility index (Phi) is 4.97. The van der Waals surface area contributed by atoms with Gasteiger partial charge in [0.15, 0.2) is 11.6 Å². The highest BCUT2D eigenvalue weighted by molar-refractivity contribution is 9.10. The smallest absolute Gasteiger partial charge is 0.347 e. The van der Waals surface area contributed by atoms with E-state index in [1.54, 1.807) is 6.92 Å². The Labute approximate surface area is 140 Å². The van der Waals surface area contributed by atoms with Gasteiger partial charge in [-0.15, -0.1) is 11.3 Å². The van der Waals surface area contributed by atoms with Crippen LogP contribution in [0.1, 0.15) is 36.3 Å². The summed E-state index contributed by atoms with van der Waals surface area (Å²) in [5.41, 5.74) is 2.18. The average Bonchev–Trinajstić information content (AvgIpc) is 2.79. The van der Waals surface area contributed by atoms with Crippen LogP contribution < -0.4 is 4.74 Å². The molecule has 1 N–H and O–H groups in total. The average molecular weight is 384 g/mol. The summed E-state index contributed by atoms with van der Waals surface area (Å²) in [4.78, 5) is 27.2. The molecule has 2 aromatic rings. The van der Waals surface area contributed by atoms with Crippen molar-refractivity contribution >= 4 is 39.0 Å². The number of carbonyl (C=O) groups excluding carboxylic acids is 1. The third kappa shape index (κ3) is 3.53. The molecule has 0 spiro atoms. The zero-order chi connectivity index (χ0) is 16.4. The fraction of sp³-hybridized carbons (Fsp3) is 0.267. The van der Waals surface area contributed by atoms with Crippen LogP contribution in [0.15, 0.2) is 16.6 Å². The van der Waals surface area contributed by atoms with Crippen molar-refractivity contribution in [3.8, 4) is 5.75 Å². The number of benzene rings is 1. The van der Waals surface area contributed by atoms with E-state index >= 15 is 0 Å². The van der Waals surface area contributed by atoms with Crippen LogP contribution >= 0.6 is 27.3 Å². The molecule has 2 rings (SSSR count). The van der Waals surface area contributed by atoms with Crippen molar-refractivity contribution in [2.24, 2.45) is 0 Å². The second kappa shape index (κ2) is 6.58. The summed E-state index contributed by atoms with van der Waals surface area (Å²) in [5.74, 6) is -0.750. The molecule has 1 heterocycles. The SMILES string of the molecule is Cc1cc(Br)cc(C)c1OCC(=O)c1nc(C)c(C(=O)O)s1. The highest BCUT2D eigenvalue weighted by Gasteiger charge is 2.19. The molecule has 0 aliphatic carbocycles. The molecule has 5 nitrogen and oxygen atoms in total. The number of aromatic nitrogens is 1. The van der Waals surface area contributed by atoms with E-state index in [-0.39, 0.29) is 22.3 Å². The highest BCUT2D eigenvalue weighted by atomic mass is 79.9. The largest absolute Gasteiger partial charge is 0.485 e. The van der Waals surface area contributed by atoms with Gasteiger partial charge >= 0.3 is 5.97 Å². The number of rotatable bonds is 5. The minimum atomic E-state index is -1.07. The molecule has 1 aromatic carbocycles. The van der Waals surface area contributed by atoms with Crippen LogP contribution in [-0.4, -0.2) is 28.4 Å². The molecule has 116 valence electrons. The third-order valence-electron chi connectivity index (χ3n) is 3.00. The number of carboxylic acid groups (broad SMARTS) is 1. The number of carboxylic acids is 1. The van der Waals surface area contributed by atoms with E-state index in [4.69, 9.17) is 9.84 Å². The van der Waals surface area contributed by atoms with Gasteiger partial charge in [-0.25, -0.2) is 9.78 Å². The van der Waals surface area contributed by atoms with Crippen LogP contribution in [-0.2, 0) is 0 Å². The Bertz CT molecular complexity index is 731. The minimum absolute atomic E-state index is 0.0827. The van der Waals surface area contributed by atoms with Crippen LogP contribution in [0.5, 0.6) is 5.75 Å². The number of ketones is 1. The Hall–Kier alpha value is -1.73. The van der Waals surface area contributed by atoms with Crippen molar-refractivity contribution in [2.45, 2.75) is 20.8 Å². The lowest BCUT2D eigenvalue weighted by Gasteiger charge is -2.11. The molecule has 0 bridgehead atoms. The van der Waals surface area contributed by atoms with Crippen molar-refractivity contribution < 1.29 is 19.4 Å². The minimum Gasteiger partial charge on any atom is -0.485 e. The number of hydrogen-bond donors (Lipinski definition) is 1. The fourth-order valence-corrected chi connectivity index (χ4v) is 3.55. The second-order valence-electron chi connectivity index (χ2n) is 4.82. The molecule has 22 heavy (non-hydrogen) atoms. The quantitative estimate of drug-likeness (QED) is 0.794. The first-order valence-corrected chi connectivity index (χ1v) is 8.04. The molecular weight excluding hydrogens is 370 g/mol. The Morgan fingerprint density at radius 2 is 1.86 bits per heavy atom. The number of Topliss-reactive ketones (excluding diaryl/α,β-unsaturated/α-hetero) is 1. The summed E-state index contributed by atoms with van der Waals surface area (Å²) in [6.07, 6.45) is 0. The molecule has 0 saturated heterocycles. The molecule has 0 radical (unpaired) electrons. The van der Waals surface area contributed by atoms with E-state index < -0.39 is 5.97 Å². The highest BCUT2D eigenvalue weighted by Crippen LogP contribution is 2.27. The number of halogens is 1. The van der Waals surface area contributed by atoms with Gasteiger partial charge in [0.25, 0.3) is 0 Å². The standard InChI is InChI=1S/C15H14BrNO4S/c1-7-4-10(16)5-8(2)12(7)21-6-11(18)14-17-9(3)13(22-14)15(19)20/h4-5H,6H2,1-3H3,(H,19,20). The summed E-state index contributed by atoms with van der Waals surface area (Å²) >= 11 is 4.28. The molecule has 0 unspecified atom stereocenters. The first-order valence-electron chi connectivity index (χ1n) is 6.43. The molecule has 0 aliphatic heterocycles. The molecule has 0 aliphatic rings. The monoisotopic (exact) mass is 383 g/mol. The van der Waals surface area contributed by atoms with Crippen LogP contribution in [0.25, 0.3) is 0 Å². The van der Waals surface area contributed by atoms with Crippen molar-refractivity contribution in [2.75, 3.05) is 6.61 Å². The maximum absolute atomic E-state index is 12.1. The van der Waals surface area contributed by atoms with E-state index in [1.807, 2.05) is 26.0 Å². The van der Waals surface area contributed by atoms with Crippen molar-refractivity contribution in [1.29, 1.82) is 0 Å². The lowest BCUT2D eigenvalue weighted by Crippen LogP contribution is -2.12. The van der Waals surface area contributed by atoms with Gasteiger partial charge in [0.1, 0.15) is 10.6 Å². The maximum Gasteiger partial charge on any atom is 0.347 e. The predicted octanol–water partition coefficient (Wildman–Crippen LogP) is 3.79. The van der Waals surface area contributed by atoms with Crippen LogP contribution in [0, 0.1) is 20.8 Å². The number of hydrogen-bond acceptors (Lipinski definition) is 5. The van der Waals surface area contributed by atoms with Crippen molar-refractivity contribution in [3.05, 3.63) is 43.3 Å². The predicted molar refractivity (Wildman–Crippen MR) is 87.3 cm³/mol. The molecule has 0 atom stereocenters. The topological polar surface area (TPSA) is 76.5 Å². The van der Waals surface area contributed by atoms with Gasteiger partial charge in [-0.05, 0) is 44.0 Å². The van der Waals surface area contributed by atoms with E-state index in [1.165, 1.54) is 0 Å². The number of aryl methyl sites for hydroxylation is 3. The number of nitrogens with zero attached hydrogens (tertiary/aromatic N) is 1. The Morgan fingerprint density at radius 1 is 1.27 bits per heavy atom. The molecule has 0 saturated carbocycles. The summed E-state index contributed by atoms with van der Waals surface area (Å²) in [7, 11) is 0. The molecule has 7 heteroatoms. The Balaban J connectivity index is 2.14. The lowest BCUT2D eigenvalue weighted by molar-refractivity contribution is 0.0701. The summed E-state index contributed by atoms with van der Waals surface area (Å²) < 4.78 is 6.54. The van der Waals surface area contributed by atoms with E-state index in [9.17, 15) is 9.59 Å². The second-order valence-corrected chi connectivity index (χ2v) is 6.73. The van der Waals surface area contributed by atoms with Crippen LogP contribution in [0.3, 0.4) is 0 Å².